The average Bonchev–Trinajstić information content (AvgIpc) is 2.20. The fourth-order valence-electron chi connectivity index (χ4n) is 1.04. The van der Waals surface area contributed by atoms with E-state index in [1.807, 2.05) is 20.8 Å². The third-order valence-electron chi connectivity index (χ3n) is 1.64. The number of carbonyl (C=O) groups is 1. The van der Waals surface area contributed by atoms with Crippen LogP contribution in [0.25, 0.3) is 0 Å². The molecule has 0 radical (unpaired) electrons. The molecule has 5 nitrogen and oxygen atoms in total. The standard InChI is InChI=1S/C11H15Cl2N3O2S/c1-11(2,3)18-10(17)14-4-5-19-9-15-7(12)6-8(13)16-9/h6H,4-5H2,1-3H3,(H,14,17). The molecule has 0 aromatic carbocycles. The molecule has 19 heavy (non-hydrogen) atoms. The van der Waals surface area contributed by atoms with Crippen molar-refractivity contribution in [3.63, 3.8) is 0 Å². The normalized spacial score (nSPS) is 11.2. The Bertz CT molecular complexity index is 432. The summed E-state index contributed by atoms with van der Waals surface area (Å²) in [6, 6.07) is 1.46. The van der Waals surface area contributed by atoms with E-state index in [1.54, 1.807) is 0 Å². The average molecular weight is 324 g/mol. The second kappa shape index (κ2) is 7.17. The maximum atomic E-state index is 11.4. The molecule has 0 spiro atoms. The minimum Gasteiger partial charge on any atom is -0.444 e. The van der Waals surface area contributed by atoms with Gasteiger partial charge in [0.2, 0.25) is 0 Å². The summed E-state index contributed by atoms with van der Waals surface area (Å²) in [7, 11) is 0. The second-order valence-corrected chi connectivity index (χ2v) is 6.41. The number of aromatic nitrogens is 2. The smallest absolute Gasteiger partial charge is 0.407 e. The van der Waals surface area contributed by atoms with Gasteiger partial charge < -0.3 is 10.1 Å². The number of halogens is 2. The Morgan fingerprint density at radius 3 is 2.47 bits per heavy atom. The summed E-state index contributed by atoms with van der Waals surface area (Å²) in [5, 5.41) is 3.70. The summed E-state index contributed by atoms with van der Waals surface area (Å²) in [6.07, 6.45) is -0.446. The molecule has 1 amide bonds. The Kier molecular flexibility index (Phi) is 6.16. The Balaban J connectivity index is 2.29. The summed E-state index contributed by atoms with van der Waals surface area (Å²) in [4.78, 5) is 19.4. The molecule has 106 valence electrons. The molecule has 1 aromatic rings. The molecule has 0 fully saturated rings. The van der Waals surface area contributed by atoms with Gasteiger partial charge in [-0.2, -0.15) is 0 Å². The molecule has 1 rings (SSSR count). The number of nitrogens with zero attached hydrogens (tertiary/aromatic N) is 2. The number of hydrogen-bond acceptors (Lipinski definition) is 5. The molecular weight excluding hydrogens is 309 g/mol. The lowest BCUT2D eigenvalue weighted by molar-refractivity contribution is 0.0531. The van der Waals surface area contributed by atoms with E-state index in [1.165, 1.54) is 17.8 Å². The first-order valence-corrected chi connectivity index (χ1v) is 7.30. The van der Waals surface area contributed by atoms with Crippen LogP contribution in [0.15, 0.2) is 11.2 Å². The van der Waals surface area contributed by atoms with Crippen LogP contribution in [0.4, 0.5) is 4.79 Å². The fourth-order valence-corrected chi connectivity index (χ4v) is 2.28. The largest absolute Gasteiger partial charge is 0.444 e. The van der Waals surface area contributed by atoms with Crippen LogP contribution in [0.5, 0.6) is 0 Å². The lowest BCUT2D eigenvalue weighted by Gasteiger charge is -2.19. The highest BCUT2D eigenvalue weighted by atomic mass is 35.5. The third-order valence-corrected chi connectivity index (χ3v) is 2.88. The van der Waals surface area contributed by atoms with E-state index in [4.69, 9.17) is 27.9 Å². The molecule has 0 saturated heterocycles. The Hall–Kier alpha value is -0.720. The molecule has 1 aromatic heterocycles. The molecule has 1 heterocycles. The van der Waals surface area contributed by atoms with Gasteiger partial charge in [0.15, 0.2) is 5.16 Å². The number of hydrogen-bond donors (Lipinski definition) is 1. The van der Waals surface area contributed by atoms with Crippen molar-refractivity contribution in [2.24, 2.45) is 0 Å². The van der Waals surface area contributed by atoms with Crippen LogP contribution in [-0.4, -0.2) is 34.0 Å². The first kappa shape index (κ1) is 16.3. The number of rotatable bonds is 4. The summed E-state index contributed by atoms with van der Waals surface area (Å²) in [6.45, 7) is 5.86. The molecule has 0 atom stereocenters. The van der Waals surface area contributed by atoms with Crippen molar-refractivity contribution in [1.29, 1.82) is 0 Å². The number of ether oxygens (including phenoxy) is 1. The molecule has 0 bridgehead atoms. The van der Waals surface area contributed by atoms with Crippen LogP contribution >= 0.6 is 35.0 Å². The predicted octanol–water partition coefficient (Wildman–Crippen LogP) is 3.40. The maximum absolute atomic E-state index is 11.4. The van der Waals surface area contributed by atoms with Gasteiger partial charge in [0, 0.05) is 18.4 Å². The van der Waals surface area contributed by atoms with Gasteiger partial charge in [0.1, 0.15) is 15.9 Å². The van der Waals surface area contributed by atoms with Crippen molar-refractivity contribution in [3.05, 3.63) is 16.4 Å². The minimum absolute atomic E-state index is 0.294. The van der Waals surface area contributed by atoms with Crippen LogP contribution in [0.2, 0.25) is 10.3 Å². The topological polar surface area (TPSA) is 64.1 Å². The van der Waals surface area contributed by atoms with Crippen molar-refractivity contribution in [2.75, 3.05) is 12.3 Å². The van der Waals surface area contributed by atoms with E-state index in [0.29, 0.717) is 27.8 Å². The highest BCUT2D eigenvalue weighted by molar-refractivity contribution is 7.99. The van der Waals surface area contributed by atoms with Crippen LogP contribution < -0.4 is 5.32 Å². The third kappa shape index (κ3) is 7.44. The van der Waals surface area contributed by atoms with Crippen LogP contribution in [-0.2, 0) is 4.74 Å². The molecule has 0 aliphatic heterocycles. The molecule has 0 unspecified atom stereocenters. The van der Waals surface area contributed by atoms with E-state index in [-0.39, 0.29) is 0 Å². The van der Waals surface area contributed by atoms with Gasteiger partial charge >= 0.3 is 6.09 Å². The van der Waals surface area contributed by atoms with Gasteiger partial charge in [0.25, 0.3) is 0 Å². The number of nitrogens with one attached hydrogen (secondary N) is 1. The van der Waals surface area contributed by atoms with Crippen molar-refractivity contribution < 1.29 is 9.53 Å². The van der Waals surface area contributed by atoms with Gasteiger partial charge in [0.05, 0.1) is 0 Å². The number of alkyl carbamates (subject to hydrolysis) is 1. The van der Waals surface area contributed by atoms with E-state index in [0.717, 1.165) is 0 Å². The number of carbonyl (C=O) groups excluding carboxylic acids is 1. The molecule has 0 aliphatic carbocycles. The van der Waals surface area contributed by atoms with Gasteiger partial charge in [-0.1, -0.05) is 35.0 Å². The van der Waals surface area contributed by atoms with Crippen molar-refractivity contribution >= 4 is 41.1 Å². The first-order chi connectivity index (χ1) is 8.76. The quantitative estimate of drug-likeness (QED) is 0.398. The summed E-state index contributed by atoms with van der Waals surface area (Å²) in [5.74, 6) is 0.593. The van der Waals surface area contributed by atoms with Gasteiger partial charge in [-0.25, -0.2) is 14.8 Å². The fraction of sp³-hybridized carbons (Fsp3) is 0.545. The zero-order valence-corrected chi connectivity index (χ0v) is 13.2. The van der Waals surface area contributed by atoms with Crippen LogP contribution in [0.1, 0.15) is 20.8 Å². The van der Waals surface area contributed by atoms with Crippen LogP contribution in [0, 0.1) is 0 Å². The van der Waals surface area contributed by atoms with E-state index >= 15 is 0 Å². The first-order valence-electron chi connectivity index (χ1n) is 5.56. The van der Waals surface area contributed by atoms with E-state index < -0.39 is 11.7 Å². The summed E-state index contributed by atoms with van der Waals surface area (Å²) in [5.41, 5.74) is -0.499. The molecule has 8 heteroatoms. The van der Waals surface area contributed by atoms with Gasteiger partial charge in [-0.05, 0) is 20.8 Å². The predicted molar refractivity (Wildman–Crippen MR) is 77.0 cm³/mol. The van der Waals surface area contributed by atoms with E-state index in [2.05, 4.69) is 15.3 Å². The molecule has 0 saturated carbocycles. The van der Waals surface area contributed by atoms with Gasteiger partial charge in [-0.3, -0.25) is 0 Å². The van der Waals surface area contributed by atoms with Crippen molar-refractivity contribution in [3.8, 4) is 0 Å². The SMILES string of the molecule is CC(C)(C)OC(=O)NCCSc1nc(Cl)cc(Cl)n1. The molecule has 1 N–H and O–H groups in total. The van der Waals surface area contributed by atoms with Crippen molar-refractivity contribution in [1.82, 2.24) is 15.3 Å². The zero-order chi connectivity index (χ0) is 14.5. The molecule has 0 aliphatic rings. The molecular formula is C11H15Cl2N3O2S. The highest BCUT2D eigenvalue weighted by Crippen LogP contribution is 2.18. The monoisotopic (exact) mass is 323 g/mol. The lowest BCUT2D eigenvalue weighted by Crippen LogP contribution is -2.33. The van der Waals surface area contributed by atoms with Crippen molar-refractivity contribution in [2.45, 2.75) is 31.5 Å². The van der Waals surface area contributed by atoms with E-state index in [9.17, 15) is 4.79 Å². The number of amides is 1. The highest BCUT2D eigenvalue weighted by Gasteiger charge is 2.15. The Labute approximate surface area is 126 Å². The summed E-state index contributed by atoms with van der Waals surface area (Å²) >= 11 is 12.8. The van der Waals surface area contributed by atoms with Crippen LogP contribution in [0.3, 0.4) is 0 Å². The minimum atomic E-state index is -0.499. The van der Waals surface area contributed by atoms with Gasteiger partial charge in [-0.15, -0.1) is 0 Å². The second-order valence-electron chi connectivity index (χ2n) is 4.57. The Morgan fingerprint density at radius 2 is 1.95 bits per heavy atom. The maximum Gasteiger partial charge on any atom is 0.407 e. The summed E-state index contributed by atoms with van der Waals surface area (Å²) < 4.78 is 5.10. The Morgan fingerprint density at radius 1 is 1.37 bits per heavy atom. The lowest BCUT2D eigenvalue weighted by atomic mass is 10.2. The number of thioether (sulfide) groups is 1. The zero-order valence-electron chi connectivity index (χ0n) is 10.9.